The molecule has 0 spiro atoms. The highest BCUT2D eigenvalue weighted by Crippen LogP contribution is 2.31. The van der Waals surface area contributed by atoms with Gasteiger partial charge in [0.15, 0.2) is 6.29 Å². The number of phenols is 1. The van der Waals surface area contributed by atoms with Gasteiger partial charge in [-0.25, -0.2) is 0 Å². The molecule has 1 N–H and O–H groups in total. The molecule has 0 atom stereocenters. The molecular formula is C20H24N2O4. The Labute approximate surface area is 153 Å². The summed E-state index contributed by atoms with van der Waals surface area (Å²) < 4.78 is 13.5. The van der Waals surface area contributed by atoms with Gasteiger partial charge < -0.3 is 14.6 Å². The lowest BCUT2D eigenvalue weighted by Crippen LogP contribution is -2.19. The van der Waals surface area contributed by atoms with Gasteiger partial charge in [0.1, 0.15) is 18.1 Å². The number of carbonyl (C=O) groups is 1. The number of benzene rings is 1. The van der Waals surface area contributed by atoms with Crippen molar-refractivity contribution in [1.29, 1.82) is 0 Å². The van der Waals surface area contributed by atoms with Crippen molar-refractivity contribution in [3.63, 3.8) is 0 Å². The van der Waals surface area contributed by atoms with Crippen molar-refractivity contribution in [3.8, 4) is 11.5 Å². The SMILES string of the molecule is Cc1ccc(OCC2=C(c3ccnn3C(C)C)CCOC2)c(C=O)c1O. The van der Waals surface area contributed by atoms with E-state index in [9.17, 15) is 9.90 Å². The highest BCUT2D eigenvalue weighted by atomic mass is 16.5. The first-order valence-electron chi connectivity index (χ1n) is 8.76. The molecule has 0 radical (unpaired) electrons. The molecule has 1 aliphatic heterocycles. The van der Waals surface area contributed by atoms with E-state index in [2.05, 4.69) is 18.9 Å². The van der Waals surface area contributed by atoms with Gasteiger partial charge in [0, 0.05) is 12.2 Å². The number of nitrogens with zero attached hydrogens (tertiary/aromatic N) is 2. The Kier molecular flexibility index (Phi) is 5.42. The van der Waals surface area contributed by atoms with Crippen molar-refractivity contribution in [1.82, 2.24) is 9.78 Å². The number of hydrogen-bond acceptors (Lipinski definition) is 5. The third kappa shape index (κ3) is 3.51. The quantitative estimate of drug-likeness (QED) is 0.802. The van der Waals surface area contributed by atoms with Gasteiger partial charge in [0.05, 0.1) is 24.5 Å². The second-order valence-corrected chi connectivity index (χ2v) is 6.69. The molecule has 2 heterocycles. The van der Waals surface area contributed by atoms with Gasteiger partial charge in [-0.05, 0) is 56.0 Å². The number of ether oxygens (including phenoxy) is 2. The van der Waals surface area contributed by atoms with E-state index in [0.717, 1.165) is 17.7 Å². The van der Waals surface area contributed by atoms with Crippen LogP contribution < -0.4 is 4.74 Å². The van der Waals surface area contributed by atoms with E-state index < -0.39 is 0 Å². The van der Waals surface area contributed by atoms with Gasteiger partial charge in [-0.1, -0.05) is 6.07 Å². The summed E-state index contributed by atoms with van der Waals surface area (Å²) in [5.41, 5.74) is 4.09. The van der Waals surface area contributed by atoms with E-state index in [1.54, 1.807) is 25.3 Å². The lowest BCUT2D eigenvalue weighted by molar-refractivity contribution is 0.111. The molecule has 6 nitrogen and oxygen atoms in total. The molecule has 6 heteroatoms. The van der Waals surface area contributed by atoms with Gasteiger partial charge in [-0.2, -0.15) is 5.10 Å². The highest BCUT2D eigenvalue weighted by molar-refractivity contribution is 5.84. The fourth-order valence-corrected chi connectivity index (χ4v) is 3.14. The largest absolute Gasteiger partial charge is 0.507 e. The first-order valence-corrected chi connectivity index (χ1v) is 8.76. The van der Waals surface area contributed by atoms with Crippen molar-refractivity contribution in [2.75, 3.05) is 19.8 Å². The van der Waals surface area contributed by atoms with Crippen molar-refractivity contribution >= 4 is 11.9 Å². The predicted octanol–water partition coefficient (Wildman–Crippen LogP) is 3.54. The monoisotopic (exact) mass is 356 g/mol. The van der Waals surface area contributed by atoms with E-state index in [0.29, 0.717) is 37.4 Å². The summed E-state index contributed by atoms with van der Waals surface area (Å²) in [5, 5.41) is 14.5. The molecule has 0 saturated carbocycles. The standard InChI is InChI=1S/C20H24N2O4/c1-13(2)22-18(6-8-21-22)16-7-9-25-11-15(16)12-26-19-5-4-14(3)20(24)17(19)10-23/h4-6,8,10,13,24H,7,9,11-12H2,1-3H3. The molecule has 2 aromatic rings. The predicted molar refractivity (Wildman–Crippen MR) is 98.7 cm³/mol. The third-order valence-electron chi connectivity index (χ3n) is 4.57. The van der Waals surface area contributed by atoms with Crippen molar-refractivity contribution in [2.45, 2.75) is 33.2 Å². The van der Waals surface area contributed by atoms with Crippen LogP contribution in [-0.4, -0.2) is 41.0 Å². The zero-order chi connectivity index (χ0) is 18.7. The average Bonchev–Trinajstić information content (AvgIpc) is 3.13. The topological polar surface area (TPSA) is 73.6 Å². The molecule has 0 fully saturated rings. The second kappa shape index (κ2) is 7.74. The molecule has 0 bridgehead atoms. The number of carbonyl (C=O) groups excluding carboxylic acids is 1. The summed E-state index contributed by atoms with van der Waals surface area (Å²) in [7, 11) is 0. The molecule has 3 rings (SSSR count). The summed E-state index contributed by atoms with van der Waals surface area (Å²) in [5.74, 6) is 0.336. The molecule has 26 heavy (non-hydrogen) atoms. The lowest BCUT2D eigenvalue weighted by Gasteiger charge is -2.23. The number of hydrogen-bond donors (Lipinski definition) is 1. The minimum atomic E-state index is -0.0375. The molecule has 138 valence electrons. The maximum Gasteiger partial charge on any atom is 0.157 e. The minimum absolute atomic E-state index is 0.0375. The summed E-state index contributed by atoms with van der Waals surface area (Å²) >= 11 is 0. The Morgan fingerprint density at radius 2 is 2.19 bits per heavy atom. The normalized spacial score (nSPS) is 14.8. The maximum atomic E-state index is 11.3. The Hall–Kier alpha value is -2.60. The molecule has 0 amide bonds. The van der Waals surface area contributed by atoms with Gasteiger partial charge in [0.25, 0.3) is 0 Å². The molecule has 0 saturated heterocycles. The summed E-state index contributed by atoms with van der Waals surface area (Å²) in [6, 6.07) is 5.71. The molecule has 0 aliphatic carbocycles. The van der Waals surface area contributed by atoms with Crippen molar-refractivity contribution < 1.29 is 19.4 Å². The molecule has 1 aromatic heterocycles. The fourth-order valence-electron chi connectivity index (χ4n) is 3.14. The number of rotatable bonds is 6. The lowest BCUT2D eigenvalue weighted by atomic mass is 10.0. The van der Waals surface area contributed by atoms with Gasteiger partial charge in [-0.3, -0.25) is 9.48 Å². The average molecular weight is 356 g/mol. The first kappa shape index (κ1) is 18.2. The van der Waals surface area contributed by atoms with Gasteiger partial charge >= 0.3 is 0 Å². The maximum absolute atomic E-state index is 11.3. The van der Waals surface area contributed by atoms with Crippen LogP contribution >= 0.6 is 0 Å². The summed E-state index contributed by atoms with van der Waals surface area (Å²) in [6.45, 7) is 7.37. The first-order chi connectivity index (χ1) is 12.5. The Balaban J connectivity index is 1.90. The van der Waals surface area contributed by atoms with E-state index in [1.165, 1.54) is 5.57 Å². The van der Waals surface area contributed by atoms with Crippen LogP contribution in [0.25, 0.3) is 5.57 Å². The summed E-state index contributed by atoms with van der Waals surface area (Å²) in [6.07, 6.45) is 3.22. The van der Waals surface area contributed by atoms with E-state index >= 15 is 0 Å². The number of phenolic OH excluding ortho intramolecular Hbond substituents is 1. The molecule has 1 aromatic carbocycles. The van der Waals surface area contributed by atoms with Crippen molar-refractivity contribution in [3.05, 3.63) is 46.8 Å². The van der Waals surface area contributed by atoms with Gasteiger partial charge in [0.2, 0.25) is 0 Å². The Morgan fingerprint density at radius 3 is 2.92 bits per heavy atom. The zero-order valence-corrected chi connectivity index (χ0v) is 15.4. The van der Waals surface area contributed by atoms with Crippen LogP contribution in [0.5, 0.6) is 11.5 Å². The third-order valence-corrected chi connectivity index (χ3v) is 4.57. The minimum Gasteiger partial charge on any atom is -0.507 e. The van der Waals surface area contributed by atoms with Crippen LogP contribution in [0.4, 0.5) is 0 Å². The molecule has 1 aliphatic rings. The van der Waals surface area contributed by atoms with Crippen LogP contribution in [0.2, 0.25) is 0 Å². The van der Waals surface area contributed by atoms with Crippen LogP contribution in [-0.2, 0) is 4.74 Å². The number of aryl methyl sites for hydroxylation is 1. The van der Waals surface area contributed by atoms with E-state index in [1.807, 2.05) is 10.7 Å². The van der Waals surface area contributed by atoms with Crippen LogP contribution in [0.15, 0.2) is 30.0 Å². The Bertz CT molecular complexity index is 836. The molecular weight excluding hydrogens is 332 g/mol. The second-order valence-electron chi connectivity index (χ2n) is 6.69. The number of aldehydes is 1. The van der Waals surface area contributed by atoms with Crippen LogP contribution in [0, 0.1) is 6.92 Å². The fraction of sp³-hybridized carbons (Fsp3) is 0.400. The van der Waals surface area contributed by atoms with Crippen LogP contribution in [0.1, 0.15) is 47.9 Å². The van der Waals surface area contributed by atoms with Crippen LogP contribution in [0.3, 0.4) is 0 Å². The zero-order valence-electron chi connectivity index (χ0n) is 15.4. The Morgan fingerprint density at radius 1 is 1.38 bits per heavy atom. The highest BCUT2D eigenvalue weighted by Gasteiger charge is 2.20. The summed E-state index contributed by atoms with van der Waals surface area (Å²) in [4.78, 5) is 11.3. The molecule has 0 unspecified atom stereocenters. The number of aromatic nitrogens is 2. The number of aromatic hydroxyl groups is 1. The van der Waals surface area contributed by atoms with Crippen molar-refractivity contribution in [2.24, 2.45) is 0 Å². The smallest absolute Gasteiger partial charge is 0.157 e. The van der Waals surface area contributed by atoms with Gasteiger partial charge in [-0.15, -0.1) is 0 Å². The van der Waals surface area contributed by atoms with E-state index in [-0.39, 0.29) is 17.4 Å². The van der Waals surface area contributed by atoms with E-state index in [4.69, 9.17) is 9.47 Å².